The number of fused-ring (bicyclic) bond motifs is 1. The zero-order chi connectivity index (χ0) is 23.7. The fourth-order valence-electron chi connectivity index (χ4n) is 3.27. The second-order valence-electron chi connectivity index (χ2n) is 6.96. The van der Waals surface area contributed by atoms with Crippen LogP contribution in [-0.4, -0.2) is 20.6 Å². The van der Waals surface area contributed by atoms with Gasteiger partial charge in [0.2, 0.25) is 5.91 Å². The standard InChI is InChI=1S/C22H13ClF2N4O4/c23-16-7-6-13(10-19(16)29(32)33)26-20(30)11-28-22(31)15-4-2-1-3-14(15)21(27-28)12-5-8-17(24)18(25)9-12/h1-10H,11H2,(H,26,30). The maximum atomic E-state index is 13.8. The van der Waals surface area contributed by atoms with Crippen molar-refractivity contribution >= 4 is 39.7 Å². The number of hydrogen-bond donors (Lipinski definition) is 1. The summed E-state index contributed by atoms with van der Waals surface area (Å²) in [6.45, 7) is -0.531. The number of amides is 1. The molecule has 4 aromatic rings. The zero-order valence-corrected chi connectivity index (χ0v) is 17.3. The van der Waals surface area contributed by atoms with Crippen molar-refractivity contribution in [1.29, 1.82) is 0 Å². The number of carbonyl (C=O) groups is 1. The molecule has 11 heteroatoms. The number of nitrogens with one attached hydrogen (secondary N) is 1. The monoisotopic (exact) mass is 470 g/mol. The maximum Gasteiger partial charge on any atom is 0.289 e. The molecule has 33 heavy (non-hydrogen) atoms. The minimum absolute atomic E-state index is 0.0958. The van der Waals surface area contributed by atoms with Crippen molar-refractivity contribution in [3.05, 3.63) is 97.8 Å². The number of benzene rings is 3. The Hall–Kier alpha value is -4.18. The predicted molar refractivity (Wildman–Crippen MR) is 118 cm³/mol. The van der Waals surface area contributed by atoms with E-state index >= 15 is 0 Å². The van der Waals surface area contributed by atoms with Crippen molar-refractivity contribution in [3.63, 3.8) is 0 Å². The third kappa shape index (κ3) is 4.41. The normalized spacial score (nSPS) is 10.9. The summed E-state index contributed by atoms with van der Waals surface area (Å²) < 4.78 is 28.1. The topological polar surface area (TPSA) is 107 Å². The first-order valence-electron chi connectivity index (χ1n) is 9.43. The summed E-state index contributed by atoms with van der Waals surface area (Å²) in [6, 6.07) is 13.3. The van der Waals surface area contributed by atoms with E-state index in [0.29, 0.717) is 5.39 Å². The van der Waals surface area contributed by atoms with Gasteiger partial charge in [-0.3, -0.25) is 19.7 Å². The van der Waals surface area contributed by atoms with Crippen LogP contribution in [0.5, 0.6) is 0 Å². The Morgan fingerprint density at radius 3 is 2.48 bits per heavy atom. The van der Waals surface area contributed by atoms with E-state index < -0.39 is 40.3 Å². The molecule has 0 aliphatic carbocycles. The molecule has 3 aromatic carbocycles. The van der Waals surface area contributed by atoms with Gasteiger partial charge >= 0.3 is 0 Å². The van der Waals surface area contributed by atoms with Gasteiger partial charge in [0.1, 0.15) is 11.6 Å². The molecule has 0 fully saturated rings. The summed E-state index contributed by atoms with van der Waals surface area (Å²) >= 11 is 5.77. The lowest BCUT2D eigenvalue weighted by Gasteiger charge is -2.12. The van der Waals surface area contributed by atoms with E-state index in [4.69, 9.17) is 11.6 Å². The van der Waals surface area contributed by atoms with Gasteiger partial charge in [-0.2, -0.15) is 5.10 Å². The van der Waals surface area contributed by atoms with Crippen LogP contribution in [-0.2, 0) is 11.3 Å². The fourth-order valence-corrected chi connectivity index (χ4v) is 3.45. The maximum absolute atomic E-state index is 13.8. The Balaban J connectivity index is 1.72. The molecular weight excluding hydrogens is 458 g/mol. The minimum atomic E-state index is -1.08. The smallest absolute Gasteiger partial charge is 0.289 e. The first-order chi connectivity index (χ1) is 15.7. The highest BCUT2D eigenvalue weighted by molar-refractivity contribution is 6.32. The summed E-state index contributed by atoms with van der Waals surface area (Å²) in [7, 11) is 0. The number of nitro groups is 1. The van der Waals surface area contributed by atoms with E-state index in [1.165, 1.54) is 24.3 Å². The lowest BCUT2D eigenvalue weighted by atomic mass is 10.0. The van der Waals surface area contributed by atoms with Gasteiger partial charge in [0.05, 0.1) is 16.0 Å². The van der Waals surface area contributed by atoms with Crippen molar-refractivity contribution in [1.82, 2.24) is 9.78 Å². The van der Waals surface area contributed by atoms with Gasteiger partial charge < -0.3 is 5.32 Å². The van der Waals surface area contributed by atoms with Gasteiger partial charge in [-0.25, -0.2) is 13.5 Å². The van der Waals surface area contributed by atoms with Crippen LogP contribution in [0, 0.1) is 21.7 Å². The van der Waals surface area contributed by atoms with Crippen molar-refractivity contribution < 1.29 is 18.5 Å². The highest BCUT2D eigenvalue weighted by Crippen LogP contribution is 2.28. The Kier molecular flexibility index (Phi) is 5.84. The van der Waals surface area contributed by atoms with E-state index in [-0.39, 0.29) is 27.4 Å². The Morgan fingerprint density at radius 1 is 1.06 bits per heavy atom. The van der Waals surface area contributed by atoms with Crippen LogP contribution in [0.4, 0.5) is 20.2 Å². The highest BCUT2D eigenvalue weighted by atomic mass is 35.5. The molecule has 0 unspecified atom stereocenters. The molecule has 8 nitrogen and oxygen atoms in total. The van der Waals surface area contributed by atoms with Crippen LogP contribution in [0.3, 0.4) is 0 Å². The van der Waals surface area contributed by atoms with E-state index in [0.717, 1.165) is 22.9 Å². The van der Waals surface area contributed by atoms with E-state index in [1.807, 2.05) is 0 Å². The van der Waals surface area contributed by atoms with Crippen LogP contribution in [0.15, 0.2) is 65.5 Å². The van der Waals surface area contributed by atoms with E-state index in [1.54, 1.807) is 18.2 Å². The molecule has 4 rings (SSSR count). The molecule has 0 saturated carbocycles. The van der Waals surface area contributed by atoms with Crippen molar-refractivity contribution in [3.8, 4) is 11.3 Å². The van der Waals surface area contributed by atoms with Crippen LogP contribution in [0.1, 0.15) is 0 Å². The average molecular weight is 471 g/mol. The van der Waals surface area contributed by atoms with Gasteiger partial charge in [0, 0.05) is 22.7 Å². The Bertz CT molecular complexity index is 1490. The third-order valence-corrected chi connectivity index (χ3v) is 5.10. The number of aromatic nitrogens is 2. The number of nitro benzene ring substituents is 1. The number of halogens is 3. The summed E-state index contributed by atoms with van der Waals surface area (Å²) in [4.78, 5) is 35.8. The molecule has 1 amide bonds. The fraction of sp³-hybridized carbons (Fsp3) is 0.0455. The van der Waals surface area contributed by atoms with Gasteiger partial charge in [0.15, 0.2) is 11.6 Å². The third-order valence-electron chi connectivity index (χ3n) is 4.78. The molecule has 1 heterocycles. The molecule has 0 aliphatic rings. The number of hydrogen-bond acceptors (Lipinski definition) is 5. The minimum Gasteiger partial charge on any atom is -0.324 e. The number of carbonyl (C=O) groups excluding carboxylic acids is 1. The highest BCUT2D eigenvalue weighted by Gasteiger charge is 2.17. The molecule has 0 radical (unpaired) electrons. The van der Waals surface area contributed by atoms with Gasteiger partial charge in [-0.05, 0) is 36.4 Å². The molecule has 166 valence electrons. The summed E-state index contributed by atoms with van der Waals surface area (Å²) in [6.07, 6.45) is 0. The second kappa shape index (κ2) is 8.75. The Labute approximate surface area is 189 Å². The molecule has 1 aromatic heterocycles. The van der Waals surface area contributed by atoms with Gasteiger partial charge in [-0.1, -0.05) is 29.8 Å². The first-order valence-corrected chi connectivity index (χ1v) is 9.81. The lowest BCUT2D eigenvalue weighted by molar-refractivity contribution is -0.384. The van der Waals surface area contributed by atoms with Crippen molar-refractivity contribution in [2.24, 2.45) is 0 Å². The van der Waals surface area contributed by atoms with Crippen LogP contribution < -0.4 is 10.9 Å². The van der Waals surface area contributed by atoms with Gasteiger partial charge in [-0.15, -0.1) is 0 Å². The zero-order valence-electron chi connectivity index (χ0n) is 16.6. The van der Waals surface area contributed by atoms with E-state index in [9.17, 15) is 28.5 Å². The molecule has 0 atom stereocenters. The summed E-state index contributed by atoms with van der Waals surface area (Å²) in [5.41, 5.74) is -0.470. The lowest BCUT2D eigenvalue weighted by Crippen LogP contribution is -2.30. The van der Waals surface area contributed by atoms with E-state index in [2.05, 4.69) is 10.4 Å². The van der Waals surface area contributed by atoms with Crippen LogP contribution in [0.25, 0.3) is 22.0 Å². The number of rotatable bonds is 5. The first kappa shape index (κ1) is 22.0. The molecule has 0 bridgehead atoms. The summed E-state index contributed by atoms with van der Waals surface area (Å²) in [5, 5.41) is 18.2. The molecule has 0 aliphatic heterocycles. The quantitative estimate of drug-likeness (QED) is 0.340. The van der Waals surface area contributed by atoms with Gasteiger partial charge in [0.25, 0.3) is 11.2 Å². The molecule has 1 N–H and O–H groups in total. The number of anilines is 1. The van der Waals surface area contributed by atoms with Crippen molar-refractivity contribution in [2.45, 2.75) is 6.54 Å². The molecular formula is C22H13ClF2N4O4. The summed E-state index contributed by atoms with van der Waals surface area (Å²) in [5.74, 6) is -2.81. The average Bonchev–Trinajstić information content (AvgIpc) is 2.79. The SMILES string of the molecule is O=C(Cn1nc(-c2ccc(F)c(F)c2)c2ccccc2c1=O)Nc1ccc(Cl)c([N+](=O)[O-])c1. The Morgan fingerprint density at radius 2 is 1.79 bits per heavy atom. The predicted octanol–water partition coefficient (Wildman–Crippen LogP) is 4.54. The number of nitrogens with zero attached hydrogens (tertiary/aromatic N) is 3. The van der Waals surface area contributed by atoms with Crippen LogP contribution in [0.2, 0.25) is 5.02 Å². The molecule has 0 spiro atoms. The largest absolute Gasteiger partial charge is 0.324 e. The second-order valence-corrected chi connectivity index (χ2v) is 7.36. The molecule has 0 saturated heterocycles. The van der Waals surface area contributed by atoms with Crippen LogP contribution >= 0.6 is 11.6 Å². The van der Waals surface area contributed by atoms with Crippen molar-refractivity contribution in [2.75, 3.05) is 5.32 Å².